The molecule has 2 amide bonds. The number of aromatic nitrogens is 2. The van der Waals surface area contributed by atoms with E-state index in [4.69, 9.17) is 9.47 Å². The van der Waals surface area contributed by atoms with Gasteiger partial charge in [0, 0.05) is 29.7 Å². The first-order valence-electron chi connectivity index (χ1n) is 12.2. The molecular weight excluding hydrogens is 488 g/mol. The molecule has 0 radical (unpaired) electrons. The van der Waals surface area contributed by atoms with E-state index >= 15 is 0 Å². The van der Waals surface area contributed by atoms with Crippen molar-refractivity contribution in [1.82, 2.24) is 14.9 Å². The van der Waals surface area contributed by atoms with Gasteiger partial charge in [0.05, 0.1) is 5.75 Å². The van der Waals surface area contributed by atoms with Crippen LogP contribution in [0, 0.1) is 20.8 Å². The molecule has 9 heteroatoms. The molecule has 37 heavy (non-hydrogen) atoms. The molecule has 1 aromatic heterocycles. The number of rotatable bonds is 9. The average molecular weight is 521 g/mol. The lowest BCUT2D eigenvalue weighted by atomic mass is 9.93. The predicted molar refractivity (Wildman–Crippen MR) is 144 cm³/mol. The lowest BCUT2D eigenvalue weighted by Crippen LogP contribution is -2.57. The summed E-state index contributed by atoms with van der Waals surface area (Å²) in [5.41, 5.74) is 3.24. The first-order chi connectivity index (χ1) is 17.7. The maximum absolute atomic E-state index is 13.7. The SMILES string of the molecule is CCC(C)(C(=O)Nc1ccc2c(c1)OCO2)N(Cc1ccc(C)cc1)C(=O)CSc1nc(C)cc(C)n1. The summed E-state index contributed by atoms with van der Waals surface area (Å²) < 4.78 is 10.8. The molecule has 0 fully saturated rings. The van der Waals surface area contributed by atoms with Crippen LogP contribution in [0.2, 0.25) is 0 Å². The number of carbonyl (C=O) groups excluding carboxylic acids is 2. The number of amides is 2. The zero-order chi connectivity index (χ0) is 26.6. The summed E-state index contributed by atoms with van der Waals surface area (Å²) in [6.07, 6.45) is 0.422. The van der Waals surface area contributed by atoms with Crippen LogP contribution in [0.15, 0.2) is 53.7 Å². The Morgan fingerprint density at radius 3 is 2.35 bits per heavy atom. The number of hydrogen-bond acceptors (Lipinski definition) is 7. The van der Waals surface area contributed by atoms with Crippen molar-refractivity contribution in [2.24, 2.45) is 0 Å². The van der Waals surface area contributed by atoms with E-state index in [-0.39, 0.29) is 24.4 Å². The highest BCUT2D eigenvalue weighted by molar-refractivity contribution is 7.99. The third kappa shape index (κ3) is 6.22. The van der Waals surface area contributed by atoms with E-state index in [2.05, 4.69) is 15.3 Å². The van der Waals surface area contributed by atoms with Gasteiger partial charge in [-0.2, -0.15) is 0 Å². The van der Waals surface area contributed by atoms with Crippen molar-refractivity contribution in [2.45, 2.75) is 58.3 Å². The normalized spacial score (nSPS) is 13.6. The summed E-state index contributed by atoms with van der Waals surface area (Å²) in [4.78, 5) is 38.0. The zero-order valence-electron chi connectivity index (χ0n) is 21.8. The fourth-order valence-corrected chi connectivity index (χ4v) is 4.92. The number of benzene rings is 2. The molecule has 1 N–H and O–H groups in total. The molecule has 1 unspecified atom stereocenters. The van der Waals surface area contributed by atoms with E-state index in [0.717, 1.165) is 22.5 Å². The first-order valence-corrected chi connectivity index (χ1v) is 13.2. The van der Waals surface area contributed by atoms with Gasteiger partial charge in [-0.1, -0.05) is 48.5 Å². The fourth-order valence-electron chi connectivity index (χ4n) is 4.09. The number of aryl methyl sites for hydroxylation is 3. The smallest absolute Gasteiger partial charge is 0.250 e. The second-order valence-corrected chi connectivity index (χ2v) is 10.3. The molecular formula is C28H32N4O4S. The maximum Gasteiger partial charge on any atom is 0.250 e. The molecule has 0 saturated carbocycles. The molecule has 2 heterocycles. The standard InChI is InChI=1S/C28H32N4O4S/c1-6-28(5,26(34)31-22-11-12-23-24(14-22)36-17-35-23)32(15-21-9-7-18(2)8-10-21)25(33)16-37-27-29-19(3)13-20(4)30-27/h7-14H,6,15-17H2,1-5H3,(H,31,34). The minimum absolute atomic E-state index is 0.113. The van der Waals surface area contributed by atoms with Crippen LogP contribution in [-0.2, 0) is 16.1 Å². The minimum Gasteiger partial charge on any atom is -0.454 e. The van der Waals surface area contributed by atoms with Gasteiger partial charge in [-0.05, 0) is 57.9 Å². The van der Waals surface area contributed by atoms with Crippen LogP contribution < -0.4 is 14.8 Å². The Morgan fingerprint density at radius 2 is 1.68 bits per heavy atom. The number of thioether (sulfide) groups is 1. The average Bonchev–Trinajstić information content (AvgIpc) is 3.34. The maximum atomic E-state index is 13.7. The lowest BCUT2D eigenvalue weighted by Gasteiger charge is -2.39. The van der Waals surface area contributed by atoms with Gasteiger partial charge in [0.15, 0.2) is 16.7 Å². The summed E-state index contributed by atoms with van der Waals surface area (Å²) in [6.45, 7) is 9.99. The highest BCUT2D eigenvalue weighted by atomic mass is 32.2. The topological polar surface area (TPSA) is 93.7 Å². The van der Waals surface area contributed by atoms with E-state index < -0.39 is 5.54 Å². The van der Waals surface area contributed by atoms with Gasteiger partial charge >= 0.3 is 0 Å². The second kappa shape index (κ2) is 11.2. The van der Waals surface area contributed by atoms with Crippen molar-refractivity contribution in [3.05, 3.63) is 71.0 Å². The van der Waals surface area contributed by atoms with Crippen LogP contribution in [0.25, 0.3) is 0 Å². The van der Waals surface area contributed by atoms with Crippen molar-refractivity contribution >= 4 is 29.3 Å². The number of nitrogens with zero attached hydrogens (tertiary/aromatic N) is 3. The third-order valence-corrected chi connectivity index (χ3v) is 7.28. The number of hydrogen-bond donors (Lipinski definition) is 1. The fraction of sp³-hybridized carbons (Fsp3) is 0.357. The summed E-state index contributed by atoms with van der Waals surface area (Å²) in [5.74, 6) is 0.883. The van der Waals surface area contributed by atoms with Crippen LogP contribution in [-0.4, -0.2) is 44.8 Å². The van der Waals surface area contributed by atoms with E-state index in [1.54, 1.807) is 30.0 Å². The van der Waals surface area contributed by atoms with Crippen LogP contribution in [0.1, 0.15) is 42.8 Å². The van der Waals surface area contributed by atoms with Crippen LogP contribution >= 0.6 is 11.8 Å². The zero-order valence-corrected chi connectivity index (χ0v) is 22.6. The highest BCUT2D eigenvalue weighted by Gasteiger charge is 2.41. The van der Waals surface area contributed by atoms with Gasteiger partial charge < -0.3 is 19.7 Å². The van der Waals surface area contributed by atoms with E-state index in [9.17, 15) is 9.59 Å². The Morgan fingerprint density at radius 1 is 1.00 bits per heavy atom. The van der Waals surface area contributed by atoms with Gasteiger partial charge in [0.1, 0.15) is 5.54 Å². The summed E-state index contributed by atoms with van der Waals surface area (Å²) >= 11 is 1.28. The Hall–Kier alpha value is -3.59. The highest BCUT2D eigenvalue weighted by Crippen LogP contribution is 2.35. The Labute approximate surface area is 221 Å². The Balaban J connectivity index is 1.59. The lowest BCUT2D eigenvalue weighted by molar-refractivity contribution is -0.143. The molecule has 0 bridgehead atoms. The summed E-state index contributed by atoms with van der Waals surface area (Å²) in [5, 5.41) is 3.53. The van der Waals surface area contributed by atoms with E-state index in [1.165, 1.54) is 11.8 Å². The Kier molecular flexibility index (Phi) is 8.02. The molecule has 2 aromatic carbocycles. The van der Waals surface area contributed by atoms with Crippen molar-refractivity contribution in [3.8, 4) is 11.5 Å². The number of ether oxygens (including phenoxy) is 2. The van der Waals surface area contributed by atoms with Crippen LogP contribution in [0.5, 0.6) is 11.5 Å². The third-order valence-electron chi connectivity index (χ3n) is 6.45. The van der Waals surface area contributed by atoms with Crippen molar-refractivity contribution in [3.63, 3.8) is 0 Å². The monoisotopic (exact) mass is 520 g/mol. The number of anilines is 1. The summed E-state index contributed by atoms with van der Waals surface area (Å²) in [7, 11) is 0. The minimum atomic E-state index is -1.11. The summed E-state index contributed by atoms with van der Waals surface area (Å²) in [6, 6.07) is 15.1. The molecule has 194 valence electrons. The molecule has 0 saturated heterocycles. The predicted octanol–water partition coefficient (Wildman–Crippen LogP) is 5.06. The van der Waals surface area contributed by atoms with E-state index in [0.29, 0.717) is 35.3 Å². The second-order valence-electron chi connectivity index (χ2n) is 9.34. The van der Waals surface area contributed by atoms with Gasteiger partial charge in [-0.3, -0.25) is 9.59 Å². The van der Waals surface area contributed by atoms with Crippen molar-refractivity contribution < 1.29 is 19.1 Å². The molecule has 1 atom stereocenters. The van der Waals surface area contributed by atoms with E-state index in [1.807, 2.05) is 58.0 Å². The van der Waals surface area contributed by atoms with Crippen molar-refractivity contribution in [2.75, 3.05) is 17.9 Å². The Bertz CT molecular complexity index is 1280. The number of fused-ring (bicyclic) bond motifs is 1. The first kappa shape index (κ1) is 26.5. The number of carbonyl (C=O) groups is 2. The number of nitrogens with one attached hydrogen (secondary N) is 1. The van der Waals surface area contributed by atoms with Crippen molar-refractivity contribution in [1.29, 1.82) is 0 Å². The molecule has 1 aliphatic rings. The molecule has 0 aliphatic carbocycles. The molecule has 3 aromatic rings. The van der Waals surface area contributed by atoms with Crippen LogP contribution in [0.4, 0.5) is 5.69 Å². The van der Waals surface area contributed by atoms with Crippen LogP contribution in [0.3, 0.4) is 0 Å². The van der Waals surface area contributed by atoms with Gasteiger partial charge in [0.2, 0.25) is 18.6 Å². The van der Waals surface area contributed by atoms with Gasteiger partial charge in [-0.15, -0.1) is 0 Å². The van der Waals surface area contributed by atoms with Gasteiger partial charge in [-0.25, -0.2) is 9.97 Å². The molecule has 4 rings (SSSR count). The largest absolute Gasteiger partial charge is 0.454 e. The molecule has 0 spiro atoms. The quantitative estimate of drug-likeness (QED) is 0.311. The van der Waals surface area contributed by atoms with Gasteiger partial charge in [0.25, 0.3) is 0 Å². The molecule has 8 nitrogen and oxygen atoms in total. The molecule has 1 aliphatic heterocycles.